The summed E-state index contributed by atoms with van der Waals surface area (Å²) in [5, 5.41) is 12.1. The molecule has 0 radical (unpaired) electrons. The minimum atomic E-state index is -4.43. The van der Waals surface area contributed by atoms with Gasteiger partial charge in [-0.3, -0.25) is 0 Å². The van der Waals surface area contributed by atoms with Crippen LogP contribution in [-0.4, -0.2) is 18.7 Å². The van der Waals surface area contributed by atoms with Crippen LogP contribution in [0.25, 0.3) is 0 Å². The fourth-order valence-corrected chi connectivity index (χ4v) is 1.35. The lowest BCUT2D eigenvalue weighted by molar-refractivity contribution is -0.139. The largest absolute Gasteiger partial charge is 0.416 e. The van der Waals surface area contributed by atoms with E-state index >= 15 is 0 Å². The van der Waals surface area contributed by atoms with Gasteiger partial charge in [0, 0.05) is 6.54 Å². The molecule has 0 aliphatic heterocycles. The van der Waals surface area contributed by atoms with E-state index in [4.69, 9.17) is 0 Å². The highest BCUT2D eigenvalue weighted by molar-refractivity contribution is 5.31. The number of hydrogen-bond donors (Lipinski definition) is 2. The number of hydrogen-bond acceptors (Lipinski definition) is 2. The van der Waals surface area contributed by atoms with Crippen LogP contribution in [0.1, 0.15) is 17.2 Å². The van der Waals surface area contributed by atoms with Crippen molar-refractivity contribution in [2.45, 2.75) is 12.3 Å². The number of alkyl halides is 3. The standard InChI is InChI=1S/C10H12F3NO/c1-14-6-9(15)7-4-2-3-5-8(7)10(11,12)13/h2-5,9,14-15H,6H2,1H3. The van der Waals surface area contributed by atoms with Crippen LogP contribution in [0, 0.1) is 0 Å². The predicted octanol–water partition coefficient (Wildman–Crippen LogP) is 1.96. The van der Waals surface area contributed by atoms with Crippen molar-refractivity contribution in [2.24, 2.45) is 0 Å². The normalized spacial score (nSPS) is 13.9. The summed E-state index contributed by atoms with van der Waals surface area (Å²) in [7, 11) is 1.57. The summed E-state index contributed by atoms with van der Waals surface area (Å²) in [5.74, 6) is 0. The molecule has 2 N–H and O–H groups in total. The lowest BCUT2D eigenvalue weighted by Gasteiger charge is -2.16. The summed E-state index contributed by atoms with van der Waals surface area (Å²) in [5.41, 5.74) is -0.882. The highest BCUT2D eigenvalue weighted by Crippen LogP contribution is 2.34. The molecule has 0 amide bonds. The van der Waals surface area contributed by atoms with E-state index in [1.807, 2.05) is 0 Å². The van der Waals surface area contributed by atoms with E-state index in [0.29, 0.717) is 0 Å². The second-order valence-electron chi connectivity index (χ2n) is 3.16. The highest BCUT2D eigenvalue weighted by Gasteiger charge is 2.34. The molecule has 1 atom stereocenters. The molecular weight excluding hydrogens is 207 g/mol. The van der Waals surface area contributed by atoms with Crippen LogP contribution < -0.4 is 5.32 Å². The second kappa shape index (κ2) is 4.63. The molecule has 84 valence electrons. The zero-order chi connectivity index (χ0) is 11.5. The van der Waals surface area contributed by atoms with E-state index in [1.54, 1.807) is 7.05 Å². The lowest BCUT2D eigenvalue weighted by atomic mass is 10.0. The molecule has 1 unspecified atom stereocenters. The number of likely N-dealkylation sites (N-methyl/N-ethyl adjacent to an activating group) is 1. The molecule has 0 aromatic heterocycles. The molecule has 5 heteroatoms. The van der Waals surface area contributed by atoms with Gasteiger partial charge in [0.05, 0.1) is 11.7 Å². The first-order valence-electron chi connectivity index (χ1n) is 4.45. The molecule has 1 aromatic carbocycles. The van der Waals surface area contributed by atoms with Crippen molar-refractivity contribution in [2.75, 3.05) is 13.6 Å². The zero-order valence-corrected chi connectivity index (χ0v) is 8.17. The second-order valence-corrected chi connectivity index (χ2v) is 3.16. The average molecular weight is 219 g/mol. The third kappa shape index (κ3) is 2.94. The monoisotopic (exact) mass is 219 g/mol. The number of aliphatic hydroxyl groups is 1. The summed E-state index contributed by atoms with van der Waals surface area (Å²) in [6.07, 6.45) is -5.57. The fraction of sp³-hybridized carbons (Fsp3) is 0.400. The van der Waals surface area contributed by atoms with Gasteiger partial charge in [0.2, 0.25) is 0 Å². The molecular formula is C10H12F3NO. The Morgan fingerprint density at radius 2 is 1.93 bits per heavy atom. The van der Waals surface area contributed by atoms with Gasteiger partial charge in [0.15, 0.2) is 0 Å². The van der Waals surface area contributed by atoms with Crippen LogP contribution in [0.15, 0.2) is 24.3 Å². The summed E-state index contributed by atoms with van der Waals surface area (Å²) in [4.78, 5) is 0. The Bertz CT molecular complexity index is 325. The van der Waals surface area contributed by atoms with Gasteiger partial charge in [-0.2, -0.15) is 13.2 Å². The van der Waals surface area contributed by atoms with Crippen LogP contribution >= 0.6 is 0 Å². The van der Waals surface area contributed by atoms with Gasteiger partial charge < -0.3 is 10.4 Å². The van der Waals surface area contributed by atoms with E-state index in [1.165, 1.54) is 18.2 Å². The van der Waals surface area contributed by atoms with Crippen molar-refractivity contribution in [3.05, 3.63) is 35.4 Å². The summed E-state index contributed by atoms with van der Waals surface area (Å²) in [6, 6.07) is 5.03. The Labute approximate surface area is 85.7 Å². The lowest BCUT2D eigenvalue weighted by Crippen LogP contribution is -2.20. The molecule has 0 heterocycles. The van der Waals surface area contributed by atoms with Gasteiger partial charge in [-0.1, -0.05) is 18.2 Å². The van der Waals surface area contributed by atoms with Crippen molar-refractivity contribution in [3.8, 4) is 0 Å². The van der Waals surface area contributed by atoms with E-state index in [-0.39, 0.29) is 12.1 Å². The van der Waals surface area contributed by atoms with Crippen LogP contribution in [0.3, 0.4) is 0 Å². The molecule has 0 saturated carbocycles. The van der Waals surface area contributed by atoms with E-state index < -0.39 is 17.8 Å². The molecule has 15 heavy (non-hydrogen) atoms. The maximum Gasteiger partial charge on any atom is 0.416 e. The van der Waals surface area contributed by atoms with E-state index in [2.05, 4.69) is 5.32 Å². The smallest absolute Gasteiger partial charge is 0.387 e. The van der Waals surface area contributed by atoms with Gasteiger partial charge in [-0.05, 0) is 18.7 Å². The summed E-state index contributed by atoms with van der Waals surface area (Å²) < 4.78 is 37.6. The molecule has 0 fully saturated rings. The van der Waals surface area contributed by atoms with Gasteiger partial charge >= 0.3 is 6.18 Å². The highest BCUT2D eigenvalue weighted by atomic mass is 19.4. The molecule has 2 nitrogen and oxygen atoms in total. The van der Waals surface area contributed by atoms with E-state index in [0.717, 1.165) is 6.07 Å². The summed E-state index contributed by atoms with van der Waals surface area (Å²) >= 11 is 0. The molecule has 0 spiro atoms. The maximum absolute atomic E-state index is 12.5. The van der Waals surface area contributed by atoms with Crippen LogP contribution in [0.2, 0.25) is 0 Å². The number of rotatable bonds is 3. The van der Waals surface area contributed by atoms with Crippen molar-refractivity contribution in [1.29, 1.82) is 0 Å². The van der Waals surface area contributed by atoms with Gasteiger partial charge in [-0.25, -0.2) is 0 Å². The Kier molecular flexibility index (Phi) is 3.71. The Balaban J connectivity index is 3.06. The Morgan fingerprint density at radius 1 is 1.33 bits per heavy atom. The first kappa shape index (κ1) is 12.0. The van der Waals surface area contributed by atoms with Crippen LogP contribution in [0.5, 0.6) is 0 Å². The fourth-order valence-electron chi connectivity index (χ4n) is 1.35. The van der Waals surface area contributed by atoms with Crippen molar-refractivity contribution >= 4 is 0 Å². The molecule has 0 bridgehead atoms. The SMILES string of the molecule is CNCC(O)c1ccccc1C(F)(F)F. The molecule has 0 aliphatic carbocycles. The molecule has 0 saturated heterocycles. The molecule has 1 rings (SSSR count). The first-order chi connectivity index (χ1) is 6.96. The minimum absolute atomic E-state index is 0.0904. The quantitative estimate of drug-likeness (QED) is 0.814. The summed E-state index contributed by atoms with van der Waals surface area (Å²) in [6.45, 7) is 0.0904. The number of halogens is 3. The van der Waals surface area contributed by atoms with Crippen LogP contribution in [-0.2, 0) is 6.18 Å². The predicted molar refractivity (Wildman–Crippen MR) is 50.3 cm³/mol. The van der Waals surface area contributed by atoms with Crippen molar-refractivity contribution < 1.29 is 18.3 Å². The Hall–Kier alpha value is -1.07. The molecule has 1 aromatic rings. The topological polar surface area (TPSA) is 32.3 Å². The third-order valence-corrected chi connectivity index (χ3v) is 2.02. The number of aliphatic hydroxyl groups excluding tert-OH is 1. The van der Waals surface area contributed by atoms with Gasteiger partial charge in [0.25, 0.3) is 0 Å². The number of nitrogens with one attached hydrogen (secondary N) is 1. The van der Waals surface area contributed by atoms with E-state index in [9.17, 15) is 18.3 Å². The molecule has 0 aliphatic rings. The zero-order valence-electron chi connectivity index (χ0n) is 8.17. The van der Waals surface area contributed by atoms with Crippen molar-refractivity contribution in [3.63, 3.8) is 0 Å². The van der Waals surface area contributed by atoms with Crippen molar-refractivity contribution in [1.82, 2.24) is 5.32 Å². The third-order valence-electron chi connectivity index (χ3n) is 2.02. The number of benzene rings is 1. The minimum Gasteiger partial charge on any atom is -0.387 e. The van der Waals surface area contributed by atoms with Gasteiger partial charge in [-0.15, -0.1) is 0 Å². The Morgan fingerprint density at radius 3 is 2.47 bits per heavy atom. The van der Waals surface area contributed by atoms with Crippen LogP contribution in [0.4, 0.5) is 13.2 Å². The maximum atomic E-state index is 12.5. The average Bonchev–Trinajstić information content (AvgIpc) is 2.17. The van der Waals surface area contributed by atoms with Gasteiger partial charge in [0.1, 0.15) is 0 Å². The first-order valence-corrected chi connectivity index (χ1v) is 4.45.